The zero-order chi connectivity index (χ0) is 21.6. The second kappa shape index (κ2) is 10.4. The van der Waals surface area contributed by atoms with Gasteiger partial charge in [0.1, 0.15) is 12.2 Å². The van der Waals surface area contributed by atoms with Crippen molar-refractivity contribution in [2.75, 3.05) is 6.61 Å². The lowest BCUT2D eigenvalue weighted by atomic mass is 9.88. The van der Waals surface area contributed by atoms with Gasteiger partial charge in [-0.25, -0.2) is 4.79 Å². The molecule has 1 unspecified atom stereocenters. The smallest absolute Gasteiger partial charge is 0.338 e. The fourth-order valence-corrected chi connectivity index (χ4v) is 4.08. The van der Waals surface area contributed by atoms with Gasteiger partial charge in [0.15, 0.2) is 6.29 Å². The second-order valence-electron chi connectivity index (χ2n) is 9.27. The molecule has 30 heavy (non-hydrogen) atoms. The third-order valence-corrected chi connectivity index (χ3v) is 5.44. The number of rotatable bonds is 6. The minimum atomic E-state index is -0.532. The molecular formula is C24H34O6. The van der Waals surface area contributed by atoms with E-state index in [-0.39, 0.29) is 43.5 Å². The maximum Gasteiger partial charge on any atom is 0.338 e. The maximum absolute atomic E-state index is 12.3. The number of ether oxygens (including phenoxy) is 4. The molecule has 1 saturated carbocycles. The predicted molar refractivity (Wildman–Crippen MR) is 112 cm³/mol. The molecule has 1 aliphatic heterocycles. The van der Waals surface area contributed by atoms with Crippen LogP contribution in [0.1, 0.15) is 76.1 Å². The highest BCUT2D eigenvalue weighted by Gasteiger charge is 2.37. The first kappa shape index (κ1) is 22.8. The lowest BCUT2D eigenvalue weighted by Gasteiger charge is -2.40. The Labute approximate surface area is 179 Å². The van der Waals surface area contributed by atoms with Crippen LogP contribution in [0.2, 0.25) is 0 Å². The van der Waals surface area contributed by atoms with E-state index in [4.69, 9.17) is 18.9 Å². The molecule has 0 radical (unpaired) electrons. The van der Waals surface area contributed by atoms with E-state index in [1.54, 1.807) is 24.3 Å². The zero-order valence-corrected chi connectivity index (χ0v) is 18.3. The Morgan fingerprint density at radius 2 is 1.67 bits per heavy atom. The number of benzene rings is 1. The molecule has 0 aromatic heterocycles. The van der Waals surface area contributed by atoms with Gasteiger partial charge in [0.05, 0.1) is 24.2 Å². The molecule has 0 bridgehead atoms. The third kappa shape index (κ3) is 7.10. The molecule has 1 aliphatic carbocycles. The van der Waals surface area contributed by atoms with Crippen LogP contribution in [-0.2, 0) is 23.7 Å². The average molecular weight is 419 g/mol. The van der Waals surface area contributed by atoms with E-state index in [0.29, 0.717) is 17.9 Å². The van der Waals surface area contributed by atoms with E-state index in [9.17, 15) is 9.59 Å². The van der Waals surface area contributed by atoms with Gasteiger partial charge in [-0.2, -0.15) is 0 Å². The van der Waals surface area contributed by atoms with Gasteiger partial charge in [0.2, 0.25) is 0 Å². The molecule has 1 heterocycles. The average Bonchev–Trinajstić information content (AvgIpc) is 2.71. The number of hydrogen-bond acceptors (Lipinski definition) is 6. The van der Waals surface area contributed by atoms with E-state index >= 15 is 0 Å². The Morgan fingerprint density at radius 1 is 1.00 bits per heavy atom. The van der Waals surface area contributed by atoms with E-state index in [1.165, 1.54) is 6.42 Å². The van der Waals surface area contributed by atoms with Crippen LogP contribution in [0.4, 0.5) is 0 Å². The van der Waals surface area contributed by atoms with Crippen LogP contribution in [0.25, 0.3) is 0 Å². The summed E-state index contributed by atoms with van der Waals surface area (Å²) in [5, 5.41) is 0. The molecule has 166 valence electrons. The number of carbonyl (C=O) groups is 2. The van der Waals surface area contributed by atoms with Crippen LogP contribution in [0.15, 0.2) is 30.3 Å². The van der Waals surface area contributed by atoms with Gasteiger partial charge < -0.3 is 18.9 Å². The molecule has 0 spiro atoms. The highest BCUT2D eigenvalue weighted by atomic mass is 16.7. The molecule has 6 nitrogen and oxygen atoms in total. The number of hydrogen-bond donors (Lipinski definition) is 0. The molecule has 3 rings (SSSR count). The largest absolute Gasteiger partial charge is 0.460 e. The summed E-state index contributed by atoms with van der Waals surface area (Å²) in [7, 11) is 0. The monoisotopic (exact) mass is 418 g/mol. The summed E-state index contributed by atoms with van der Waals surface area (Å²) in [5.74, 6) is -0.340. The van der Waals surface area contributed by atoms with Crippen molar-refractivity contribution in [3.05, 3.63) is 35.9 Å². The summed E-state index contributed by atoms with van der Waals surface area (Å²) in [4.78, 5) is 24.6. The van der Waals surface area contributed by atoms with E-state index in [2.05, 4.69) is 0 Å². The van der Waals surface area contributed by atoms with Crippen LogP contribution >= 0.6 is 0 Å². The normalized spacial score (nSPS) is 25.5. The molecule has 2 aliphatic rings. The Morgan fingerprint density at radius 3 is 2.33 bits per heavy atom. The summed E-state index contributed by atoms with van der Waals surface area (Å²) in [6, 6.07) is 8.91. The van der Waals surface area contributed by atoms with Gasteiger partial charge in [-0.3, -0.25) is 4.79 Å². The summed E-state index contributed by atoms with van der Waals surface area (Å²) < 4.78 is 23.3. The zero-order valence-electron chi connectivity index (χ0n) is 18.3. The summed E-state index contributed by atoms with van der Waals surface area (Å²) in [6.07, 6.45) is 5.37. The Balaban J connectivity index is 1.60. The van der Waals surface area contributed by atoms with Crippen molar-refractivity contribution in [3.8, 4) is 0 Å². The molecule has 0 amide bonds. The first-order chi connectivity index (χ1) is 14.3. The molecule has 1 aromatic carbocycles. The van der Waals surface area contributed by atoms with E-state index in [1.807, 2.05) is 26.8 Å². The van der Waals surface area contributed by atoms with Gasteiger partial charge in [0.25, 0.3) is 0 Å². The van der Waals surface area contributed by atoms with Gasteiger partial charge >= 0.3 is 11.9 Å². The lowest BCUT2D eigenvalue weighted by Crippen LogP contribution is -2.45. The van der Waals surface area contributed by atoms with Crippen LogP contribution in [0.5, 0.6) is 0 Å². The first-order valence-corrected chi connectivity index (χ1v) is 11.0. The van der Waals surface area contributed by atoms with Crippen molar-refractivity contribution >= 4 is 11.9 Å². The van der Waals surface area contributed by atoms with Crippen molar-refractivity contribution in [2.45, 2.75) is 89.8 Å². The predicted octanol–water partition coefficient (Wildman–Crippen LogP) is 4.66. The van der Waals surface area contributed by atoms with Crippen molar-refractivity contribution in [1.29, 1.82) is 0 Å². The SMILES string of the molecule is CC(C)(C)OC(=O)C[C@H]1C[C@@H](COC(=O)c2ccccc2)OC(C2CCCCC2)O1. The first-order valence-electron chi connectivity index (χ1n) is 11.0. The molecule has 1 aromatic rings. The van der Waals surface area contributed by atoms with E-state index < -0.39 is 5.60 Å². The molecule has 6 heteroatoms. The fraction of sp³-hybridized carbons (Fsp3) is 0.667. The molecule has 2 fully saturated rings. The summed E-state index contributed by atoms with van der Waals surface area (Å²) >= 11 is 0. The molecule has 3 atom stereocenters. The summed E-state index contributed by atoms with van der Waals surface area (Å²) in [5.41, 5.74) is -0.0194. The standard InChI is InChI=1S/C24H34O6/c1-24(2,3)30-21(25)15-19-14-20(16-27-22(26)17-10-6-4-7-11-17)29-23(28-19)18-12-8-5-9-13-18/h4,6-7,10-11,18-20,23H,5,8-9,12-16H2,1-3H3/t19-,20+,23?/m1/s1. The Hall–Kier alpha value is -1.92. The number of carbonyl (C=O) groups excluding carboxylic acids is 2. The Kier molecular flexibility index (Phi) is 7.89. The molecule has 1 saturated heterocycles. The minimum Gasteiger partial charge on any atom is -0.460 e. The highest BCUT2D eigenvalue weighted by Crippen LogP contribution is 2.34. The van der Waals surface area contributed by atoms with Crippen molar-refractivity contribution < 1.29 is 28.5 Å². The van der Waals surface area contributed by atoms with Gasteiger partial charge in [-0.05, 0) is 45.7 Å². The van der Waals surface area contributed by atoms with Crippen LogP contribution < -0.4 is 0 Å². The second-order valence-corrected chi connectivity index (χ2v) is 9.27. The lowest BCUT2D eigenvalue weighted by molar-refractivity contribution is -0.272. The molecule has 0 N–H and O–H groups in total. The highest BCUT2D eigenvalue weighted by molar-refractivity contribution is 5.89. The minimum absolute atomic E-state index is 0.144. The van der Waals surface area contributed by atoms with Crippen LogP contribution in [0.3, 0.4) is 0 Å². The number of esters is 2. The van der Waals surface area contributed by atoms with E-state index in [0.717, 1.165) is 25.7 Å². The summed E-state index contributed by atoms with van der Waals surface area (Å²) in [6.45, 7) is 5.70. The van der Waals surface area contributed by atoms with Crippen molar-refractivity contribution in [2.24, 2.45) is 5.92 Å². The van der Waals surface area contributed by atoms with Gasteiger partial charge in [-0.15, -0.1) is 0 Å². The Bertz CT molecular complexity index is 689. The topological polar surface area (TPSA) is 71.1 Å². The van der Waals surface area contributed by atoms with Gasteiger partial charge in [-0.1, -0.05) is 37.5 Å². The maximum atomic E-state index is 12.3. The van der Waals surface area contributed by atoms with Crippen molar-refractivity contribution in [3.63, 3.8) is 0 Å². The van der Waals surface area contributed by atoms with Crippen molar-refractivity contribution in [1.82, 2.24) is 0 Å². The fourth-order valence-electron chi connectivity index (χ4n) is 4.08. The third-order valence-electron chi connectivity index (χ3n) is 5.44. The van der Waals surface area contributed by atoms with Gasteiger partial charge in [0, 0.05) is 12.3 Å². The quantitative estimate of drug-likeness (QED) is 0.626. The van der Waals surface area contributed by atoms with Crippen LogP contribution in [-0.4, -0.2) is 42.6 Å². The van der Waals surface area contributed by atoms with Crippen LogP contribution in [0, 0.1) is 5.92 Å². The molecular weight excluding hydrogens is 384 g/mol.